The van der Waals surface area contributed by atoms with Crippen LogP contribution >= 0.6 is 0 Å². The Morgan fingerprint density at radius 1 is 1.24 bits per heavy atom. The zero-order valence-corrected chi connectivity index (χ0v) is 13.4. The van der Waals surface area contributed by atoms with Crippen LogP contribution in [0.4, 0.5) is 20.4 Å². The van der Waals surface area contributed by atoms with E-state index < -0.39 is 6.61 Å². The lowest BCUT2D eigenvalue weighted by molar-refractivity contribution is -0.0528. The number of nitrogens with one attached hydrogen (secondary N) is 2. The smallest absolute Gasteiger partial charge is 0.388 e. The molecule has 0 amide bonds. The minimum Gasteiger partial charge on any atom is -0.472 e. The van der Waals surface area contributed by atoms with Gasteiger partial charge in [0.15, 0.2) is 11.6 Å². The van der Waals surface area contributed by atoms with Crippen LogP contribution in [0.15, 0.2) is 18.5 Å². The number of alkyl halides is 2. The molecule has 0 unspecified atom stereocenters. The van der Waals surface area contributed by atoms with Crippen molar-refractivity contribution >= 4 is 11.6 Å². The average Bonchev–Trinajstić information content (AvgIpc) is 3.02. The summed E-state index contributed by atoms with van der Waals surface area (Å²) in [5, 5.41) is 9.07. The molecule has 0 saturated carbocycles. The third-order valence-corrected chi connectivity index (χ3v) is 4.51. The summed E-state index contributed by atoms with van der Waals surface area (Å²) in [6, 6.07) is 1.31. The summed E-state index contributed by atoms with van der Waals surface area (Å²) in [5.74, 6) is 1.57. The number of H-pyrrole nitrogens is 1. The third-order valence-electron chi connectivity index (χ3n) is 4.51. The Hall–Kier alpha value is -2.49. The van der Waals surface area contributed by atoms with Crippen molar-refractivity contribution in [3.8, 4) is 11.8 Å². The highest BCUT2D eigenvalue weighted by molar-refractivity contribution is 5.51. The predicted molar refractivity (Wildman–Crippen MR) is 84.1 cm³/mol. The second-order valence-electron chi connectivity index (χ2n) is 6.16. The van der Waals surface area contributed by atoms with E-state index in [1.807, 2.05) is 0 Å². The van der Waals surface area contributed by atoms with Crippen LogP contribution < -0.4 is 14.8 Å². The van der Waals surface area contributed by atoms with E-state index in [1.54, 1.807) is 6.20 Å². The summed E-state index contributed by atoms with van der Waals surface area (Å²) in [5.41, 5.74) is 0. The van der Waals surface area contributed by atoms with Crippen LogP contribution in [0.2, 0.25) is 0 Å². The summed E-state index contributed by atoms with van der Waals surface area (Å²) in [6.45, 7) is 0.281. The zero-order chi connectivity index (χ0) is 17.2. The molecule has 1 atom stereocenters. The van der Waals surface area contributed by atoms with E-state index in [2.05, 4.69) is 35.1 Å². The number of aromatic amines is 1. The number of hydrogen-bond acceptors (Lipinski definition) is 7. The van der Waals surface area contributed by atoms with Crippen molar-refractivity contribution in [3.63, 3.8) is 0 Å². The number of nitrogens with zero attached hydrogens (tertiary/aromatic N) is 4. The van der Waals surface area contributed by atoms with Gasteiger partial charge in [0, 0.05) is 12.6 Å². The minimum atomic E-state index is -2.91. The molecule has 134 valence electrons. The van der Waals surface area contributed by atoms with E-state index in [1.165, 1.54) is 12.3 Å². The van der Waals surface area contributed by atoms with Crippen LogP contribution in [-0.2, 0) is 0 Å². The summed E-state index contributed by atoms with van der Waals surface area (Å²) in [6.07, 6.45) is 5.50. The van der Waals surface area contributed by atoms with E-state index in [9.17, 15) is 8.78 Å². The molecule has 3 aliphatic rings. The molecule has 0 aliphatic carbocycles. The Balaban J connectivity index is 1.40. The Morgan fingerprint density at radius 2 is 2.08 bits per heavy atom. The Bertz CT molecular complexity index is 720. The normalized spacial score (nSPS) is 25.2. The number of hydrogen-bond donors (Lipinski definition) is 2. The standard InChI is InChI=1S/C15H18F2N6O2/c16-15(17)25-13-5-11(21-22-13)19-12-6-18-7-14(20-12)24-10-8-23-3-1-9(10)2-4-23/h5-7,9-10,15H,1-4,8H2,(H2,19,20,21,22)/t10-/m1/s1. The first-order valence-corrected chi connectivity index (χ1v) is 8.14. The Labute approximate surface area is 142 Å². The van der Waals surface area contributed by atoms with Gasteiger partial charge in [-0.25, -0.2) is 5.10 Å². The van der Waals surface area contributed by atoms with Gasteiger partial charge in [-0.1, -0.05) is 0 Å². The van der Waals surface area contributed by atoms with Crippen molar-refractivity contribution in [1.82, 2.24) is 25.1 Å². The van der Waals surface area contributed by atoms with Crippen LogP contribution in [0.1, 0.15) is 12.8 Å². The van der Waals surface area contributed by atoms with Gasteiger partial charge >= 0.3 is 6.61 Å². The average molecular weight is 352 g/mol. The lowest BCUT2D eigenvalue weighted by Crippen LogP contribution is -2.52. The quantitative estimate of drug-likeness (QED) is 0.822. The van der Waals surface area contributed by atoms with Gasteiger partial charge < -0.3 is 14.8 Å². The lowest BCUT2D eigenvalue weighted by Gasteiger charge is -2.44. The van der Waals surface area contributed by atoms with Gasteiger partial charge in [-0.3, -0.25) is 9.88 Å². The molecule has 3 fully saturated rings. The highest BCUT2D eigenvalue weighted by atomic mass is 19.3. The summed E-state index contributed by atoms with van der Waals surface area (Å²) in [4.78, 5) is 10.9. The molecule has 2 aromatic heterocycles. The van der Waals surface area contributed by atoms with Crippen LogP contribution in [-0.4, -0.2) is 57.4 Å². The molecule has 25 heavy (non-hydrogen) atoms. The monoisotopic (exact) mass is 352 g/mol. The molecule has 2 bridgehead atoms. The van der Waals surface area contributed by atoms with Crippen molar-refractivity contribution in [2.45, 2.75) is 25.6 Å². The minimum absolute atomic E-state index is 0.128. The van der Waals surface area contributed by atoms with Gasteiger partial charge in [0.1, 0.15) is 6.10 Å². The molecular weight excluding hydrogens is 334 g/mol. The third kappa shape index (κ3) is 3.78. The molecule has 2 aromatic rings. The van der Waals surface area contributed by atoms with Crippen molar-refractivity contribution in [1.29, 1.82) is 0 Å². The number of halogens is 2. The van der Waals surface area contributed by atoms with Crippen LogP contribution in [0, 0.1) is 5.92 Å². The number of fused-ring (bicyclic) bond motifs is 3. The largest absolute Gasteiger partial charge is 0.472 e. The first-order chi connectivity index (χ1) is 12.2. The number of anilines is 2. The van der Waals surface area contributed by atoms with Gasteiger partial charge in [-0.05, 0) is 31.8 Å². The first-order valence-electron chi connectivity index (χ1n) is 8.14. The van der Waals surface area contributed by atoms with Gasteiger partial charge in [0.25, 0.3) is 0 Å². The van der Waals surface area contributed by atoms with Gasteiger partial charge in [-0.15, -0.1) is 0 Å². The topological polar surface area (TPSA) is 88.2 Å². The van der Waals surface area contributed by atoms with Crippen molar-refractivity contribution in [2.24, 2.45) is 5.92 Å². The molecule has 0 aromatic carbocycles. The van der Waals surface area contributed by atoms with E-state index in [4.69, 9.17) is 4.74 Å². The summed E-state index contributed by atoms with van der Waals surface area (Å²) < 4.78 is 34.6. The van der Waals surface area contributed by atoms with E-state index in [0.717, 1.165) is 32.5 Å². The molecule has 10 heteroatoms. The molecule has 5 rings (SSSR count). The van der Waals surface area contributed by atoms with Crippen LogP contribution in [0.25, 0.3) is 0 Å². The van der Waals surface area contributed by atoms with E-state index in [0.29, 0.717) is 23.4 Å². The molecule has 3 saturated heterocycles. The molecule has 2 N–H and O–H groups in total. The highest BCUT2D eigenvalue weighted by Gasteiger charge is 2.35. The lowest BCUT2D eigenvalue weighted by atomic mass is 9.86. The second-order valence-corrected chi connectivity index (χ2v) is 6.16. The van der Waals surface area contributed by atoms with Gasteiger partial charge in [0.2, 0.25) is 11.8 Å². The van der Waals surface area contributed by atoms with Crippen LogP contribution in [0.3, 0.4) is 0 Å². The summed E-state index contributed by atoms with van der Waals surface area (Å²) >= 11 is 0. The maximum absolute atomic E-state index is 12.2. The number of rotatable bonds is 6. The fourth-order valence-corrected chi connectivity index (χ4v) is 3.32. The maximum atomic E-state index is 12.2. The first kappa shape index (κ1) is 16.0. The number of ether oxygens (including phenoxy) is 2. The molecule has 0 spiro atoms. The SMILES string of the molecule is FC(F)Oc1cc(Nc2cncc(O[C@@H]3CN4CCC3CC4)n2)n[nH]1. The Kier molecular flexibility index (Phi) is 4.35. The number of aromatic nitrogens is 4. The zero-order valence-electron chi connectivity index (χ0n) is 13.4. The molecule has 8 nitrogen and oxygen atoms in total. The van der Waals surface area contributed by atoms with Crippen molar-refractivity contribution in [2.75, 3.05) is 25.0 Å². The van der Waals surface area contributed by atoms with Gasteiger partial charge in [-0.2, -0.15) is 18.9 Å². The van der Waals surface area contributed by atoms with Crippen LogP contribution in [0.5, 0.6) is 11.8 Å². The molecular formula is C15H18F2N6O2. The predicted octanol–water partition coefficient (Wildman–Crippen LogP) is 2.02. The highest BCUT2D eigenvalue weighted by Crippen LogP contribution is 2.30. The second kappa shape index (κ2) is 6.79. The van der Waals surface area contributed by atoms with E-state index >= 15 is 0 Å². The molecule has 3 aliphatic heterocycles. The van der Waals surface area contributed by atoms with E-state index in [-0.39, 0.29) is 12.0 Å². The van der Waals surface area contributed by atoms with Crippen molar-refractivity contribution < 1.29 is 18.3 Å². The molecule has 0 radical (unpaired) electrons. The maximum Gasteiger partial charge on any atom is 0.388 e. The van der Waals surface area contributed by atoms with Gasteiger partial charge in [0.05, 0.1) is 12.4 Å². The molecule has 5 heterocycles. The van der Waals surface area contributed by atoms with Crippen molar-refractivity contribution in [3.05, 3.63) is 18.5 Å². The Morgan fingerprint density at radius 3 is 2.80 bits per heavy atom. The fourth-order valence-electron chi connectivity index (χ4n) is 3.32. The summed E-state index contributed by atoms with van der Waals surface area (Å²) in [7, 11) is 0. The fraction of sp³-hybridized carbons (Fsp3) is 0.533. The number of piperidine rings is 3.